The molecule has 0 heterocycles. The molecule has 0 unspecified atom stereocenters. The number of fused-ring (bicyclic) bond motifs is 2. The Bertz CT molecular complexity index is 681. The fourth-order valence-corrected chi connectivity index (χ4v) is 3.47. The van der Waals surface area contributed by atoms with Gasteiger partial charge in [0.05, 0.1) is 17.4 Å². The van der Waals surface area contributed by atoms with Crippen LogP contribution in [-0.4, -0.2) is 28.1 Å². The average Bonchev–Trinajstić information content (AvgIpc) is 3.07. The second kappa shape index (κ2) is 5.29. The number of rotatable bonds is 4. The van der Waals surface area contributed by atoms with E-state index in [2.05, 4.69) is 5.32 Å². The number of amides is 1. The van der Waals surface area contributed by atoms with Crippen molar-refractivity contribution in [3.8, 4) is 0 Å². The van der Waals surface area contributed by atoms with E-state index in [1.807, 2.05) is 12.2 Å². The number of carboxylic acids is 2. The maximum atomic E-state index is 12.4. The maximum absolute atomic E-state index is 12.4. The minimum Gasteiger partial charge on any atom is -0.481 e. The Labute approximate surface area is 126 Å². The first-order chi connectivity index (χ1) is 10.5. The lowest BCUT2D eigenvalue weighted by atomic mass is 9.82. The summed E-state index contributed by atoms with van der Waals surface area (Å²) in [5, 5.41) is 21.0. The SMILES string of the molecule is O=C(O)c1cccc(NC(=O)[C@H]2[C@@H](C(=O)O)[C@H]3C=C[C@H]2C3)c1. The first kappa shape index (κ1) is 14.3. The van der Waals surface area contributed by atoms with Crippen LogP contribution in [0.2, 0.25) is 0 Å². The van der Waals surface area contributed by atoms with Crippen LogP contribution in [0.15, 0.2) is 36.4 Å². The molecule has 2 bridgehead atoms. The fraction of sp³-hybridized carbons (Fsp3) is 0.312. The van der Waals surface area contributed by atoms with Crippen LogP contribution < -0.4 is 5.32 Å². The van der Waals surface area contributed by atoms with Gasteiger partial charge in [0.15, 0.2) is 0 Å². The van der Waals surface area contributed by atoms with Gasteiger partial charge in [-0.25, -0.2) is 4.79 Å². The van der Waals surface area contributed by atoms with Crippen LogP contribution in [0, 0.1) is 23.7 Å². The summed E-state index contributed by atoms with van der Waals surface area (Å²) in [6.45, 7) is 0. The lowest BCUT2D eigenvalue weighted by molar-refractivity contribution is -0.146. The zero-order chi connectivity index (χ0) is 15.9. The standard InChI is InChI=1S/C16H15NO5/c18-14(17-11-3-1-2-10(7-11)15(19)20)12-8-4-5-9(6-8)13(12)16(21)22/h1-5,7-9,12-13H,6H2,(H,17,18)(H,19,20)(H,21,22)/t8-,9-,12+,13-/m0/s1. The van der Waals surface area contributed by atoms with Crippen LogP contribution in [-0.2, 0) is 9.59 Å². The van der Waals surface area contributed by atoms with Crippen LogP contribution in [0.4, 0.5) is 5.69 Å². The molecule has 0 aromatic heterocycles. The van der Waals surface area contributed by atoms with E-state index in [1.54, 1.807) is 6.07 Å². The number of anilines is 1. The molecule has 6 nitrogen and oxygen atoms in total. The third-order valence-electron chi connectivity index (χ3n) is 4.42. The smallest absolute Gasteiger partial charge is 0.335 e. The summed E-state index contributed by atoms with van der Waals surface area (Å²) >= 11 is 0. The van der Waals surface area contributed by atoms with Gasteiger partial charge < -0.3 is 15.5 Å². The number of carboxylic acid groups (broad SMARTS) is 2. The van der Waals surface area contributed by atoms with Gasteiger partial charge in [-0.2, -0.15) is 0 Å². The van der Waals surface area contributed by atoms with E-state index in [9.17, 15) is 19.5 Å². The van der Waals surface area contributed by atoms with E-state index < -0.39 is 23.8 Å². The topological polar surface area (TPSA) is 104 Å². The number of hydrogen-bond donors (Lipinski definition) is 3. The molecule has 0 radical (unpaired) electrons. The van der Waals surface area contributed by atoms with Crippen LogP contribution in [0.1, 0.15) is 16.8 Å². The molecular weight excluding hydrogens is 286 g/mol. The highest BCUT2D eigenvalue weighted by atomic mass is 16.4. The van der Waals surface area contributed by atoms with Gasteiger partial charge in [0, 0.05) is 5.69 Å². The van der Waals surface area contributed by atoms with Crippen molar-refractivity contribution in [3.63, 3.8) is 0 Å². The molecule has 1 aromatic rings. The highest BCUT2D eigenvalue weighted by molar-refractivity contribution is 5.97. The van der Waals surface area contributed by atoms with Crippen LogP contribution >= 0.6 is 0 Å². The molecule has 114 valence electrons. The Balaban J connectivity index is 1.80. The van der Waals surface area contributed by atoms with Crippen molar-refractivity contribution in [1.82, 2.24) is 0 Å². The highest BCUT2D eigenvalue weighted by Gasteiger charge is 2.51. The molecule has 1 fully saturated rings. The number of carbonyl (C=O) groups excluding carboxylic acids is 1. The normalized spacial score (nSPS) is 28.5. The minimum atomic E-state index is -1.08. The number of benzene rings is 1. The van der Waals surface area contributed by atoms with E-state index in [-0.39, 0.29) is 23.3 Å². The number of aromatic carboxylic acids is 1. The first-order valence-corrected chi connectivity index (χ1v) is 7.02. The Morgan fingerprint density at radius 2 is 1.73 bits per heavy atom. The third-order valence-corrected chi connectivity index (χ3v) is 4.42. The second-order valence-electron chi connectivity index (χ2n) is 5.71. The molecule has 2 aliphatic rings. The quantitative estimate of drug-likeness (QED) is 0.736. The van der Waals surface area contributed by atoms with Crippen molar-refractivity contribution < 1.29 is 24.6 Å². The summed E-state index contributed by atoms with van der Waals surface area (Å²) in [6, 6.07) is 5.91. The first-order valence-electron chi connectivity index (χ1n) is 7.02. The Hall–Kier alpha value is -2.63. The van der Waals surface area contributed by atoms with Crippen molar-refractivity contribution in [3.05, 3.63) is 42.0 Å². The van der Waals surface area contributed by atoms with E-state index in [0.717, 1.165) is 0 Å². The third kappa shape index (κ3) is 2.36. The summed E-state index contributed by atoms with van der Waals surface area (Å²) < 4.78 is 0. The maximum Gasteiger partial charge on any atom is 0.335 e. The predicted octanol–water partition coefficient (Wildman–Crippen LogP) is 1.85. The van der Waals surface area contributed by atoms with Gasteiger partial charge in [0.2, 0.25) is 5.91 Å². The van der Waals surface area contributed by atoms with Crippen molar-refractivity contribution >= 4 is 23.5 Å². The van der Waals surface area contributed by atoms with E-state index in [1.165, 1.54) is 18.2 Å². The largest absolute Gasteiger partial charge is 0.481 e. The van der Waals surface area contributed by atoms with E-state index >= 15 is 0 Å². The lowest BCUT2D eigenvalue weighted by Crippen LogP contribution is -2.36. The number of allylic oxidation sites excluding steroid dienone is 2. The van der Waals surface area contributed by atoms with Crippen molar-refractivity contribution in [2.24, 2.45) is 23.7 Å². The van der Waals surface area contributed by atoms with Crippen LogP contribution in [0.25, 0.3) is 0 Å². The van der Waals surface area contributed by atoms with Gasteiger partial charge in [-0.05, 0) is 36.5 Å². The zero-order valence-electron chi connectivity index (χ0n) is 11.6. The van der Waals surface area contributed by atoms with E-state index in [4.69, 9.17) is 5.11 Å². The summed E-state index contributed by atoms with van der Waals surface area (Å²) in [5.74, 6) is -3.89. The van der Waals surface area contributed by atoms with Gasteiger partial charge in [-0.15, -0.1) is 0 Å². The van der Waals surface area contributed by atoms with Crippen molar-refractivity contribution in [2.75, 3.05) is 5.32 Å². The summed E-state index contributed by atoms with van der Waals surface area (Å²) in [5.41, 5.74) is 0.432. The zero-order valence-corrected chi connectivity index (χ0v) is 11.6. The highest BCUT2D eigenvalue weighted by Crippen LogP contribution is 2.48. The monoisotopic (exact) mass is 301 g/mol. The molecule has 2 aliphatic carbocycles. The summed E-state index contributed by atoms with van der Waals surface area (Å²) in [6.07, 6.45) is 4.46. The molecule has 22 heavy (non-hydrogen) atoms. The van der Waals surface area contributed by atoms with Gasteiger partial charge in [-0.1, -0.05) is 18.2 Å². The van der Waals surface area contributed by atoms with Gasteiger partial charge in [0.1, 0.15) is 0 Å². The number of nitrogens with one attached hydrogen (secondary N) is 1. The molecule has 3 rings (SSSR count). The van der Waals surface area contributed by atoms with Crippen LogP contribution in [0.3, 0.4) is 0 Å². The molecule has 1 saturated carbocycles. The van der Waals surface area contributed by atoms with E-state index in [0.29, 0.717) is 12.1 Å². The summed E-state index contributed by atoms with van der Waals surface area (Å²) in [7, 11) is 0. The van der Waals surface area contributed by atoms with Gasteiger partial charge in [-0.3, -0.25) is 9.59 Å². The Kier molecular flexibility index (Phi) is 3.44. The minimum absolute atomic E-state index is 0.0613. The molecule has 3 N–H and O–H groups in total. The average molecular weight is 301 g/mol. The number of aliphatic carboxylic acids is 1. The lowest BCUT2D eigenvalue weighted by Gasteiger charge is -2.23. The molecule has 0 aliphatic heterocycles. The molecule has 4 atom stereocenters. The van der Waals surface area contributed by atoms with Crippen molar-refractivity contribution in [2.45, 2.75) is 6.42 Å². The molecule has 0 spiro atoms. The summed E-state index contributed by atoms with van der Waals surface area (Å²) in [4.78, 5) is 34.8. The number of carbonyl (C=O) groups is 3. The predicted molar refractivity (Wildman–Crippen MR) is 77.4 cm³/mol. The molecular formula is C16H15NO5. The van der Waals surface area contributed by atoms with Crippen molar-refractivity contribution in [1.29, 1.82) is 0 Å². The molecule has 1 aromatic carbocycles. The number of hydrogen-bond acceptors (Lipinski definition) is 3. The molecule has 1 amide bonds. The van der Waals surface area contributed by atoms with Crippen LogP contribution in [0.5, 0.6) is 0 Å². The molecule has 6 heteroatoms. The Morgan fingerprint density at radius 3 is 2.36 bits per heavy atom. The molecule has 0 saturated heterocycles. The fourth-order valence-electron chi connectivity index (χ4n) is 3.47. The van der Waals surface area contributed by atoms with Gasteiger partial charge >= 0.3 is 11.9 Å². The Morgan fingerprint density at radius 1 is 1.05 bits per heavy atom. The van der Waals surface area contributed by atoms with Gasteiger partial charge in [0.25, 0.3) is 0 Å². The second-order valence-corrected chi connectivity index (χ2v) is 5.71.